The number of ether oxygens (including phenoxy) is 2. The Morgan fingerprint density at radius 1 is 1.05 bits per heavy atom. The predicted octanol–water partition coefficient (Wildman–Crippen LogP) is 4.77. The minimum atomic E-state index is -0.458. The highest BCUT2D eigenvalue weighted by molar-refractivity contribution is 7.99. The first-order valence-corrected chi connectivity index (χ1v) is 12.6. The minimum Gasteiger partial charge on any atom is -0.493 e. The highest BCUT2D eigenvalue weighted by atomic mass is 32.2. The summed E-state index contributed by atoms with van der Waals surface area (Å²) in [6.45, 7) is 0. The van der Waals surface area contributed by atoms with E-state index in [9.17, 15) is 14.9 Å². The van der Waals surface area contributed by atoms with Gasteiger partial charge < -0.3 is 9.47 Å². The summed E-state index contributed by atoms with van der Waals surface area (Å²) in [5.74, 6) is 1.40. The van der Waals surface area contributed by atoms with Gasteiger partial charge in [-0.1, -0.05) is 42.1 Å². The third-order valence-electron chi connectivity index (χ3n) is 5.38. The molecule has 0 fully saturated rings. The molecule has 39 heavy (non-hydrogen) atoms. The zero-order valence-electron chi connectivity index (χ0n) is 21.1. The lowest BCUT2D eigenvalue weighted by atomic mass is 10.2. The molecule has 0 unspecified atom stereocenters. The summed E-state index contributed by atoms with van der Waals surface area (Å²) in [4.78, 5) is 23.1. The van der Waals surface area contributed by atoms with Crippen molar-refractivity contribution >= 4 is 35.6 Å². The molecule has 0 aliphatic rings. The number of aromatic nitrogens is 3. The van der Waals surface area contributed by atoms with Crippen LogP contribution in [0.15, 0.2) is 89.1 Å². The van der Waals surface area contributed by atoms with E-state index in [4.69, 9.17) is 9.47 Å². The van der Waals surface area contributed by atoms with Gasteiger partial charge in [-0.15, -0.1) is 10.2 Å². The molecule has 12 heteroatoms. The number of nitro benzene ring substituents is 1. The van der Waals surface area contributed by atoms with Gasteiger partial charge in [-0.05, 0) is 48.6 Å². The molecule has 0 atom stereocenters. The van der Waals surface area contributed by atoms with Crippen molar-refractivity contribution in [2.75, 3.05) is 20.0 Å². The van der Waals surface area contributed by atoms with Gasteiger partial charge in [-0.2, -0.15) is 5.10 Å². The van der Waals surface area contributed by atoms with Crippen molar-refractivity contribution in [3.63, 3.8) is 0 Å². The van der Waals surface area contributed by atoms with Gasteiger partial charge in [0.1, 0.15) is 0 Å². The third-order valence-corrected chi connectivity index (χ3v) is 6.31. The van der Waals surface area contributed by atoms with E-state index in [0.717, 1.165) is 11.3 Å². The lowest BCUT2D eigenvalue weighted by Gasteiger charge is -2.12. The second-order valence-corrected chi connectivity index (χ2v) is 8.77. The van der Waals surface area contributed by atoms with Gasteiger partial charge in [0, 0.05) is 23.5 Å². The van der Waals surface area contributed by atoms with Crippen LogP contribution in [0.2, 0.25) is 0 Å². The molecular weight excluding hydrogens is 520 g/mol. The fourth-order valence-corrected chi connectivity index (χ4v) is 4.34. The quantitative estimate of drug-likeness (QED) is 0.124. The largest absolute Gasteiger partial charge is 0.493 e. The monoisotopic (exact) mass is 544 g/mol. The summed E-state index contributed by atoms with van der Waals surface area (Å²) in [5, 5.41) is 24.2. The number of hydrogen-bond donors (Lipinski definition) is 1. The number of rotatable bonds is 11. The van der Waals surface area contributed by atoms with Crippen LogP contribution in [-0.2, 0) is 4.79 Å². The van der Waals surface area contributed by atoms with Crippen LogP contribution in [0.4, 0.5) is 5.69 Å². The number of carbonyl (C=O) groups is 1. The number of allylic oxidation sites excluding steroid dienone is 1. The molecule has 0 spiro atoms. The Bertz CT molecular complexity index is 1520. The molecule has 1 aromatic heterocycles. The van der Waals surface area contributed by atoms with Gasteiger partial charge in [-0.25, -0.2) is 5.43 Å². The lowest BCUT2D eigenvalue weighted by Crippen LogP contribution is -2.19. The average Bonchev–Trinajstić information content (AvgIpc) is 3.40. The first-order chi connectivity index (χ1) is 19.0. The maximum atomic E-state index is 12.4. The van der Waals surface area contributed by atoms with E-state index < -0.39 is 4.92 Å². The summed E-state index contributed by atoms with van der Waals surface area (Å²) >= 11 is 1.20. The van der Waals surface area contributed by atoms with Crippen molar-refractivity contribution in [3.05, 3.63) is 94.6 Å². The molecule has 4 rings (SSSR count). The van der Waals surface area contributed by atoms with Gasteiger partial charge in [0.05, 0.1) is 30.5 Å². The van der Waals surface area contributed by atoms with Crippen LogP contribution in [0.25, 0.3) is 23.2 Å². The van der Waals surface area contributed by atoms with Crippen molar-refractivity contribution in [2.24, 2.45) is 5.10 Å². The summed E-state index contributed by atoms with van der Waals surface area (Å²) in [5.41, 5.74) is 4.44. The number of para-hydroxylation sites is 2. The molecule has 0 aliphatic heterocycles. The summed E-state index contributed by atoms with van der Waals surface area (Å²) < 4.78 is 12.6. The zero-order valence-corrected chi connectivity index (χ0v) is 21.9. The van der Waals surface area contributed by atoms with Gasteiger partial charge in [-0.3, -0.25) is 19.5 Å². The van der Waals surface area contributed by atoms with E-state index in [1.54, 1.807) is 44.6 Å². The number of nitrogens with one attached hydrogen (secondary N) is 1. The SMILES string of the molecule is COc1ccc(-c2nnc(SCC(=O)N/N=C\C=C\c3ccccc3[N+](=O)[O-])n2-c2ccccc2)cc1OC. The van der Waals surface area contributed by atoms with E-state index in [0.29, 0.717) is 28.0 Å². The fraction of sp³-hybridized carbons (Fsp3) is 0.111. The van der Waals surface area contributed by atoms with Crippen molar-refractivity contribution < 1.29 is 19.2 Å². The van der Waals surface area contributed by atoms with Crippen molar-refractivity contribution in [1.82, 2.24) is 20.2 Å². The highest BCUT2D eigenvalue weighted by Gasteiger charge is 2.18. The topological polar surface area (TPSA) is 134 Å². The molecule has 3 aromatic carbocycles. The maximum Gasteiger partial charge on any atom is 0.276 e. The molecule has 0 bridgehead atoms. The Morgan fingerprint density at radius 2 is 1.79 bits per heavy atom. The summed E-state index contributed by atoms with van der Waals surface area (Å²) in [6, 6.07) is 21.4. The Kier molecular flexibility index (Phi) is 9.03. The number of nitro groups is 1. The fourth-order valence-electron chi connectivity index (χ4n) is 3.59. The van der Waals surface area contributed by atoms with Crippen molar-refractivity contribution in [2.45, 2.75) is 5.16 Å². The van der Waals surface area contributed by atoms with Gasteiger partial charge in [0.15, 0.2) is 22.5 Å². The van der Waals surface area contributed by atoms with Gasteiger partial charge in [0.25, 0.3) is 11.6 Å². The van der Waals surface area contributed by atoms with Crippen molar-refractivity contribution in [1.29, 1.82) is 0 Å². The molecule has 0 saturated heterocycles. The number of methoxy groups -OCH3 is 2. The second kappa shape index (κ2) is 13.0. The molecule has 1 heterocycles. The number of thioether (sulfide) groups is 1. The van der Waals surface area contributed by atoms with E-state index >= 15 is 0 Å². The van der Waals surface area contributed by atoms with Gasteiger partial charge >= 0.3 is 0 Å². The second-order valence-electron chi connectivity index (χ2n) is 7.82. The lowest BCUT2D eigenvalue weighted by molar-refractivity contribution is -0.385. The Hall–Kier alpha value is -4.97. The van der Waals surface area contributed by atoms with E-state index in [1.807, 2.05) is 47.0 Å². The zero-order chi connectivity index (χ0) is 27.6. The number of hydrazone groups is 1. The van der Waals surface area contributed by atoms with Gasteiger partial charge in [0.2, 0.25) is 0 Å². The molecule has 0 radical (unpaired) electrons. The first-order valence-electron chi connectivity index (χ1n) is 11.6. The van der Waals surface area contributed by atoms with E-state index in [2.05, 4.69) is 20.7 Å². The minimum absolute atomic E-state index is 0.0161. The Morgan fingerprint density at radius 3 is 2.54 bits per heavy atom. The predicted molar refractivity (Wildman–Crippen MR) is 149 cm³/mol. The number of amides is 1. The first kappa shape index (κ1) is 27.1. The molecule has 4 aromatic rings. The van der Waals surface area contributed by atoms with Crippen LogP contribution in [0.3, 0.4) is 0 Å². The summed E-state index contributed by atoms with van der Waals surface area (Å²) in [7, 11) is 3.13. The smallest absolute Gasteiger partial charge is 0.276 e. The Labute approximate surface area is 228 Å². The summed E-state index contributed by atoms with van der Waals surface area (Å²) in [6.07, 6.45) is 4.40. The number of benzene rings is 3. The number of nitrogens with zero attached hydrogens (tertiary/aromatic N) is 5. The highest BCUT2D eigenvalue weighted by Crippen LogP contribution is 2.34. The number of hydrogen-bond acceptors (Lipinski definition) is 9. The third kappa shape index (κ3) is 6.67. The molecule has 0 aliphatic carbocycles. The van der Waals surface area contributed by atoms with Crippen LogP contribution in [0.5, 0.6) is 11.5 Å². The molecule has 0 saturated carbocycles. The van der Waals surface area contributed by atoms with Crippen LogP contribution in [0, 0.1) is 10.1 Å². The molecular formula is C27H24N6O5S. The van der Waals surface area contributed by atoms with Crippen LogP contribution >= 0.6 is 11.8 Å². The molecule has 1 amide bonds. The normalized spacial score (nSPS) is 11.1. The number of carbonyl (C=O) groups excluding carboxylic acids is 1. The average molecular weight is 545 g/mol. The Balaban J connectivity index is 1.46. The van der Waals surface area contributed by atoms with Crippen molar-refractivity contribution in [3.8, 4) is 28.6 Å². The molecule has 1 N–H and O–H groups in total. The molecule has 198 valence electrons. The maximum absolute atomic E-state index is 12.4. The van der Waals surface area contributed by atoms with Crippen LogP contribution in [-0.4, -0.2) is 51.8 Å². The standard InChI is InChI=1S/C27H24N6O5S/c1-37-23-15-14-20(17-24(23)38-2)26-30-31-27(32(26)21-11-4-3-5-12-21)39-18-25(34)29-28-16-8-10-19-9-6-7-13-22(19)33(35)36/h3-17H,18H2,1-2H3,(H,29,34)/b10-8+,28-16-. The van der Waals surface area contributed by atoms with E-state index in [1.165, 1.54) is 30.1 Å². The van der Waals surface area contributed by atoms with Crippen LogP contribution in [0.1, 0.15) is 5.56 Å². The van der Waals surface area contributed by atoms with Crippen LogP contribution < -0.4 is 14.9 Å². The molecule has 11 nitrogen and oxygen atoms in total. The van der Waals surface area contributed by atoms with E-state index in [-0.39, 0.29) is 17.3 Å².